The van der Waals surface area contributed by atoms with E-state index in [0.29, 0.717) is 25.0 Å². The molecule has 0 saturated carbocycles. The maximum Gasteiger partial charge on any atom is 0.240 e. The first-order chi connectivity index (χ1) is 9.70. The number of nitrogens with two attached hydrogens (primary N) is 1. The summed E-state index contributed by atoms with van der Waals surface area (Å²) in [6.45, 7) is 6.55. The van der Waals surface area contributed by atoms with Gasteiger partial charge in [0.2, 0.25) is 5.95 Å². The summed E-state index contributed by atoms with van der Waals surface area (Å²) in [5.41, 5.74) is 2.49. The maximum absolute atomic E-state index is 5.57. The molecule has 0 spiro atoms. The molecule has 0 unspecified atom stereocenters. The van der Waals surface area contributed by atoms with Gasteiger partial charge in [-0.15, -0.1) is 11.3 Å². The Morgan fingerprint density at radius 1 is 1.35 bits per heavy atom. The molecule has 2 aromatic heterocycles. The lowest BCUT2D eigenvalue weighted by Gasteiger charge is -2.09. The van der Waals surface area contributed by atoms with Gasteiger partial charge < -0.3 is 10.1 Å². The number of hydrogen-bond donors (Lipinski definition) is 3. The van der Waals surface area contributed by atoms with Crippen LogP contribution < -0.4 is 16.6 Å². The number of hydrazine groups is 1. The third kappa shape index (κ3) is 4.03. The highest BCUT2D eigenvalue weighted by Crippen LogP contribution is 2.25. The van der Waals surface area contributed by atoms with Crippen LogP contribution in [-0.2, 0) is 4.74 Å². The first kappa shape index (κ1) is 15.0. The summed E-state index contributed by atoms with van der Waals surface area (Å²) in [7, 11) is 0. The SMILES string of the molecule is CC(C)CCOCCNc1nc(NN)nc2sccc12. The van der Waals surface area contributed by atoms with Crippen LogP contribution in [0.3, 0.4) is 0 Å². The fraction of sp³-hybridized carbons (Fsp3) is 0.538. The largest absolute Gasteiger partial charge is 0.380 e. The highest BCUT2D eigenvalue weighted by Gasteiger charge is 2.07. The fourth-order valence-corrected chi connectivity index (χ4v) is 2.48. The summed E-state index contributed by atoms with van der Waals surface area (Å²) in [6.07, 6.45) is 1.09. The molecule has 2 heterocycles. The van der Waals surface area contributed by atoms with Gasteiger partial charge >= 0.3 is 0 Å². The van der Waals surface area contributed by atoms with Gasteiger partial charge in [0.05, 0.1) is 12.0 Å². The van der Waals surface area contributed by atoms with Crippen molar-refractivity contribution in [1.29, 1.82) is 0 Å². The quantitative estimate of drug-likeness (QED) is 0.394. The highest BCUT2D eigenvalue weighted by atomic mass is 32.1. The lowest BCUT2D eigenvalue weighted by atomic mass is 10.1. The van der Waals surface area contributed by atoms with Crippen LogP contribution in [0.2, 0.25) is 0 Å². The Morgan fingerprint density at radius 3 is 2.95 bits per heavy atom. The molecule has 4 N–H and O–H groups in total. The van der Waals surface area contributed by atoms with E-state index in [1.54, 1.807) is 11.3 Å². The second kappa shape index (κ2) is 7.37. The van der Waals surface area contributed by atoms with Gasteiger partial charge in [0.25, 0.3) is 0 Å². The van der Waals surface area contributed by atoms with Crippen LogP contribution in [0.1, 0.15) is 20.3 Å². The number of thiophene rings is 1. The standard InChI is InChI=1S/C13H21N5OS/c1-9(2)3-6-19-7-5-15-11-10-4-8-20-12(10)17-13(16-11)18-14/h4,8-9H,3,5-7,14H2,1-2H3,(H2,15,16,17,18). The van der Waals surface area contributed by atoms with E-state index in [1.165, 1.54) is 0 Å². The fourth-order valence-electron chi connectivity index (χ4n) is 1.72. The molecule has 0 aromatic carbocycles. The van der Waals surface area contributed by atoms with Crippen molar-refractivity contribution in [2.45, 2.75) is 20.3 Å². The van der Waals surface area contributed by atoms with Gasteiger partial charge in [0, 0.05) is 13.2 Å². The molecule has 2 rings (SSSR count). The molecule has 2 aromatic rings. The molecule has 0 radical (unpaired) electrons. The van der Waals surface area contributed by atoms with E-state index in [1.807, 2.05) is 11.4 Å². The van der Waals surface area contributed by atoms with Crippen LogP contribution in [0.15, 0.2) is 11.4 Å². The second-order valence-corrected chi connectivity index (χ2v) is 5.80. The molecule has 7 heteroatoms. The van der Waals surface area contributed by atoms with E-state index in [4.69, 9.17) is 10.6 Å². The van der Waals surface area contributed by atoms with E-state index in [9.17, 15) is 0 Å². The van der Waals surface area contributed by atoms with Gasteiger partial charge in [-0.3, -0.25) is 5.43 Å². The number of nitrogens with one attached hydrogen (secondary N) is 2. The van der Waals surface area contributed by atoms with E-state index in [0.717, 1.165) is 29.1 Å². The molecule has 0 atom stereocenters. The Kier molecular flexibility index (Phi) is 5.51. The normalized spacial score (nSPS) is 11.2. The van der Waals surface area contributed by atoms with Crippen LogP contribution in [-0.4, -0.2) is 29.7 Å². The molecule has 20 heavy (non-hydrogen) atoms. The number of ether oxygens (including phenoxy) is 1. The minimum atomic E-state index is 0.420. The van der Waals surface area contributed by atoms with Gasteiger partial charge in [0.15, 0.2) is 0 Å². The number of nitrogens with zero attached hydrogens (tertiary/aromatic N) is 2. The van der Waals surface area contributed by atoms with Crippen molar-refractivity contribution in [2.75, 3.05) is 30.5 Å². The molecular formula is C13H21N5OS. The predicted octanol–water partition coefficient (Wildman–Crippen LogP) is 2.45. The number of nitrogen functional groups attached to an aromatic ring is 1. The topological polar surface area (TPSA) is 85.1 Å². The monoisotopic (exact) mass is 295 g/mol. The lowest BCUT2D eigenvalue weighted by Crippen LogP contribution is -2.14. The molecular weight excluding hydrogens is 274 g/mol. The second-order valence-electron chi connectivity index (χ2n) is 4.90. The smallest absolute Gasteiger partial charge is 0.240 e. The Balaban J connectivity index is 1.87. The van der Waals surface area contributed by atoms with Gasteiger partial charge in [0.1, 0.15) is 10.6 Å². The predicted molar refractivity (Wildman–Crippen MR) is 84.0 cm³/mol. The summed E-state index contributed by atoms with van der Waals surface area (Å²) in [5, 5.41) is 6.27. The summed E-state index contributed by atoms with van der Waals surface area (Å²) >= 11 is 1.56. The molecule has 0 saturated heterocycles. The van der Waals surface area contributed by atoms with Crippen LogP contribution in [0, 0.1) is 5.92 Å². The Hall–Kier alpha value is -1.44. The number of anilines is 2. The Labute approximate surface area is 122 Å². The Morgan fingerprint density at radius 2 is 2.20 bits per heavy atom. The third-order valence-corrected chi connectivity index (χ3v) is 3.64. The lowest BCUT2D eigenvalue weighted by molar-refractivity contribution is 0.132. The van der Waals surface area contributed by atoms with Crippen LogP contribution in [0.5, 0.6) is 0 Å². The van der Waals surface area contributed by atoms with E-state index in [-0.39, 0.29) is 0 Å². The van der Waals surface area contributed by atoms with E-state index < -0.39 is 0 Å². The van der Waals surface area contributed by atoms with Crippen molar-refractivity contribution in [2.24, 2.45) is 11.8 Å². The first-order valence-corrected chi connectivity index (χ1v) is 7.62. The molecule has 0 fully saturated rings. The van der Waals surface area contributed by atoms with E-state index in [2.05, 4.69) is 34.6 Å². The molecule has 0 aliphatic carbocycles. The number of hydrogen-bond acceptors (Lipinski definition) is 7. The van der Waals surface area contributed by atoms with Crippen molar-refractivity contribution < 1.29 is 4.74 Å². The molecule has 0 aliphatic rings. The first-order valence-electron chi connectivity index (χ1n) is 6.74. The Bertz CT molecular complexity index is 543. The number of aromatic nitrogens is 2. The van der Waals surface area contributed by atoms with Crippen LogP contribution in [0.4, 0.5) is 11.8 Å². The van der Waals surface area contributed by atoms with Crippen molar-refractivity contribution in [3.8, 4) is 0 Å². The molecule has 0 aliphatic heterocycles. The third-order valence-electron chi connectivity index (χ3n) is 2.83. The van der Waals surface area contributed by atoms with Crippen LogP contribution in [0.25, 0.3) is 10.2 Å². The van der Waals surface area contributed by atoms with E-state index >= 15 is 0 Å². The zero-order valence-corrected chi connectivity index (χ0v) is 12.7. The summed E-state index contributed by atoms with van der Waals surface area (Å²) in [6, 6.07) is 2.00. The summed E-state index contributed by atoms with van der Waals surface area (Å²) in [4.78, 5) is 9.54. The average Bonchev–Trinajstić information content (AvgIpc) is 2.90. The molecule has 0 bridgehead atoms. The summed E-state index contributed by atoms with van der Waals surface area (Å²) < 4.78 is 5.57. The molecule has 6 nitrogen and oxygen atoms in total. The number of fused-ring (bicyclic) bond motifs is 1. The van der Waals surface area contributed by atoms with Gasteiger partial charge in [-0.2, -0.15) is 4.98 Å². The number of rotatable bonds is 8. The van der Waals surface area contributed by atoms with Crippen molar-refractivity contribution in [3.63, 3.8) is 0 Å². The minimum Gasteiger partial charge on any atom is -0.380 e. The summed E-state index contributed by atoms with van der Waals surface area (Å²) in [5.74, 6) is 7.26. The molecule has 110 valence electrons. The highest BCUT2D eigenvalue weighted by molar-refractivity contribution is 7.16. The zero-order valence-electron chi connectivity index (χ0n) is 11.8. The van der Waals surface area contributed by atoms with Crippen molar-refractivity contribution in [3.05, 3.63) is 11.4 Å². The minimum absolute atomic E-state index is 0.420. The van der Waals surface area contributed by atoms with Crippen molar-refractivity contribution in [1.82, 2.24) is 9.97 Å². The van der Waals surface area contributed by atoms with Gasteiger partial charge in [-0.25, -0.2) is 10.8 Å². The maximum atomic E-state index is 5.57. The zero-order chi connectivity index (χ0) is 14.4. The average molecular weight is 295 g/mol. The molecule has 0 amide bonds. The van der Waals surface area contributed by atoms with Crippen LogP contribution >= 0.6 is 11.3 Å². The van der Waals surface area contributed by atoms with Gasteiger partial charge in [-0.1, -0.05) is 13.8 Å². The van der Waals surface area contributed by atoms with Gasteiger partial charge in [-0.05, 0) is 23.8 Å². The van der Waals surface area contributed by atoms with Crippen molar-refractivity contribution >= 4 is 33.3 Å².